The van der Waals surface area contributed by atoms with Gasteiger partial charge in [0, 0.05) is 30.4 Å². The Balaban J connectivity index is 1.30. The lowest BCUT2D eigenvalue weighted by atomic mass is 9.95. The van der Waals surface area contributed by atoms with Crippen LogP contribution in [0.5, 0.6) is 0 Å². The van der Waals surface area contributed by atoms with Gasteiger partial charge in [0.25, 0.3) is 5.91 Å². The Morgan fingerprint density at radius 3 is 2.37 bits per heavy atom. The predicted octanol–water partition coefficient (Wildman–Crippen LogP) is 4.72. The Bertz CT molecular complexity index is 1010. The maximum atomic E-state index is 13.1. The molecule has 0 unspecified atom stereocenters. The molecule has 0 bridgehead atoms. The van der Waals surface area contributed by atoms with E-state index in [9.17, 15) is 14.0 Å². The van der Waals surface area contributed by atoms with Crippen LogP contribution in [0.25, 0.3) is 10.4 Å². The number of nitrogens with one attached hydrogen (secondary N) is 1. The first kappa shape index (κ1) is 20.3. The van der Waals surface area contributed by atoms with Crippen LogP contribution in [0.2, 0.25) is 0 Å². The molecular formula is C24H23FN2O2S. The van der Waals surface area contributed by atoms with E-state index in [1.807, 2.05) is 47.4 Å². The van der Waals surface area contributed by atoms with E-state index in [0.29, 0.717) is 37.4 Å². The van der Waals surface area contributed by atoms with Gasteiger partial charge in [-0.3, -0.25) is 9.59 Å². The molecule has 1 aliphatic rings. The normalized spacial score (nSPS) is 14.5. The number of halogens is 1. The van der Waals surface area contributed by atoms with E-state index >= 15 is 0 Å². The van der Waals surface area contributed by atoms with Crippen molar-refractivity contribution in [3.63, 3.8) is 0 Å². The zero-order chi connectivity index (χ0) is 20.9. The topological polar surface area (TPSA) is 49.4 Å². The summed E-state index contributed by atoms with van der Waals surface area (Å²) in [5.41, 5.74) is 1.97. The Hall–Kier alpha value is -2.99. The van der Waals surface area contributed by atoms with Gasteiger partial charge in [-0.1, -0.05) is 42.5 Å². The minimum atomic E-state index is -0.276. The van der Waals surface area contributed by atoms with E-state index in [1.165, 1.54) is 23.5 Å². The SMILES string of the molecule is O=C(NCc1ccccc1)C1CCN(C(=O)c2ccc(-c3ccc(F)cc3)s2)CC1. The summed E-state index contributed by atoms with van der Waals surface area (Å²) in [5, 5.41) is 3.00. The molecule has 3 aromatic rings. The molecule has 4 rings (SSSR count). The minimum Gasteiger partial charge on any atom is -0.352 e. The van der Waals surface area contributed by atoms with Gasteiger partial charge in [-0.15, -0.1) is 11.3 Å². The maximum Gasteiger partial charge on any atom is 0.263 e. The number of benzene rings is 2. The highest BCUT2D eigenvalue weighted by molar-refractivity contribution is 7.17. The van der Waals surface area contributed by atoms with Crippen LogP contribution in [-0.4, -0.2) is 29.8 Å². The highest BCUT2D eigenvalue weighted by Gasteiger charge is 2.28. The third kappa shape index (κ3) is 4.76. The van der Waals surface area contributed by atoms with Crippen LogP contribution in [0.1, 0.15) is 28.1 Å². The summed E-state index contributed by atoms with van der Waals surface area (Å²) in [6.07, 6.45) is 1.34. The maximum absolute atomic E-state index is 13.1. The van der Waals surface area contributed by atoms with Crippen molar-refractivity contribution in [3.8, 4) is 10.4 Å². The van der Waals surface area contributed by atoms with Crippen LogP contribution in [0.4, 0.5) is 4.39 Å². The predicted molar refractivity (Wildman–Crippen MR) is 117 cm³/mol. The first-order valence-corrected chi connectivity index (χ1v) is 10.9. The Kier molecular flexibility index (Phi) is 6.23. The van der Waals surface area contributed by atoms with Crippen LogP contribution in [0.15, 0.2) is 66.7 Å². The van der Waals surface area contributed by atoms with E-state index in [2.05, 4.69) is 5.32 Å². The van der Waals surface area contributed by atoms with E-state index < -0.39 is 0 Å². The van der Waals surface area contributed by atoms with Crippen LogP contribution in [0.3, 0.4) is 0 Å². The fraction of sp³-hybridized carbons (Fsp3) is 0.250. The molecular weight excluding hydrogens is 399 g/mol. The van der Waals surface area contributed by atoms with Crippen molar-refractivity contribution in [2.24, 2.45) is 5.92 Å². The van der Waals surface area contributed by atoms with Gasteiger partial charge >= 0.3 is 0 Å². The second-order valence-electron chi connectivity index (χ2n) is 7.44. The summed E-state index contributed by atoms with van der Waals surface area (Å²) in [6.45, 7) is 1.68. The Morgan fingerprint density at radius 1 is 0.967 bits per heavy atom. The van der Waals surface area contributed by atoms with Crippen molar-refractivity contribution in [1.82, 2.24) is 10.2 Å². The number of amides is 2. The van der Waals surface area contributed by atoms with Gasteiger partial charge in [0.15, 0.2) is 0 Å². The zero-order valence-corrected chi connectivity index (χ0v) is 17.3. The lowest BCUT2D eigenvalue weighted by molar-refractivity contribution is -0.126. The quantitative estimate of drug-likeness (QED) is 0.647. The van der Waals surface area contributed by atoms with Crippen LogP contribution >= 0.6 is 11.3 Å². The number of thiophene rings is 1. The lowest BCUT2D eigenvalue weighted by Crippen LogP contribution is -2.42. The molecule has 0 aliphatic carbocycles. The largest absolute Gasteiger partial charge is 0.352 e. The van der Waals surface area contributed by atoms with E-state index in [4.69, 9.17) is 0 Å². The number of piperidine rings is 1. The number of rotatable bonds is 5. The number of nitrogens with zero attached hydrogens (tertiary/aromatic N) is 1. The summed E-state index contributed by atoms with van der Waals surface area (Å²) in [6, 6.07) is 19.8. The second-order valence-corrected chi connectivity index (χ2v) is 8.52. The standard InChI is InChI=1S/C24H23FN2O2S/c25-20-8-6-18(7-9-20)21-10-11-22(30-21)24(29)27-14-12-19(13-15-27)23(28)26-16-17-4-2-1-3-5-17/h1-11,19H,12-16H2,(H,26,28). The van der Waals surface area contributed by atoms with E-state index in [1.54, 1.807) is 12.1 Å². The molecule has 2 heterocycles. The van der Waals surface area contributed by atoms with Gasteiger partial charge in [0.05, 0.1) is 4.88 Å². The molecule has 1 aliphatic heterocycles. The lowest BCUT2D eigenvalue weighted by Gasteiger charge is -2.31. The van der Waals surface area contributed by atoms with Crippen molar-refractivity contribution < 1.29 is 14.0 Å². The summed E-state index contributed by atoms with van der Waals surface area (Å²) in [5.74, 6) is -0.282. The fourth-order valence-electron chi connectivity index (χ4n) is 3.65. The first-order chi connectivity index (χ1) is 14.6. The molecule has 0 atom stereocenters. The van der Waals surface area contributed by atoms with Crippen molar-refractivity contribution in [2.75, 3.05) is 13.1 Å². The fourth-order valence-corrected chi connectivity index (χ4v) is 4.63. The number of hydrogen-bond donors (Lipinski definition) is 1. The van der Waals surface area contributed by atoms with Crippen molar-refractivity contribution >= 4 is 23.2 Å². The molecule has 30 heavy (non-hydrogen) atoms. The molecule has 0 saturated carbocycles. The van der Waals surface area contributed by atoms with Crippen LogP contribution in [0, 0.1) is 11.7 Å². The highest BCUT2D eigenvalue weighted by atomic mass is 32.1. The van der Waals surface area contributed by atoms with Crippen LogP contribution in [-0.2, 0) is 11.3 Å². The molecule has 1 saturated heterocycles. The van der Waals surface area contributed by atoms with Crippen molar-refractivity contribution in [3.05, 3.63) is 83.0 Å². The molecule has 4 nitrogen and oxygen atoms in total. The van der Waals surface area contributed by atoms with Crippen molar-refractivity contribution in [1.29, 1.82) is 0 Å². The van der Waals surface area contributed by atoms with E-state index in [-0.39, 0.29) is 23.5 Å². The van der Waals surface area contributed by atoms with E-state index in [0.717, 1.165) is 16.0 Å². The molecule has 154 valence electrons. The number of hydrogen-bond acceptors (Lipinski definition) is 3. The zero-order valence-electron chi connectivity index (χ0n) is 16.5. The Labute approximate surface area is 179 Å². The summed E-state index contributed by atoms with van der Waals surface area (Å²) < 4.78 is 13.1. The summed E-state index contributed by atoms with van der Waals surface area (Å²) in [4.78, 5) is 28.8. The molecule has 0 spiro atoms. The first-order valence-electron chi connectivity index (χ1n) is 10.1. The summed E-state index contributed by atoms with van der Waals surface area (Å²) in [7, 11) is 0. The number of carbonyl (C=O) groups is 2. The average Bonchev–Trinajstić information content (AvgIpc) is 3.28. The highest BCUT2D eigenvalue weighted by Crippen LogP contribution is 2.30. The number of likely N-dealkylation sites (tertiary alicyclic amines) is 1. The monoisotopic (exact) mass is 422 g/mol. The molecule has 1 aromatic heterocycles. The molecule has 0 radical (unpaired) electrons. The second kappa shape index (κ2) is 9.22. The summed E-state index contributed by atoms with van der Waals surface area (Å²) >= 11 is 1.41. The van der Waals surface area contributed by atoms with Gasteiger partial charge in [0.1, 0.15) is 5.82 Å². The van der Waals surface area contributed by atoms with Gasteiger partial charge in [-0.25, -0.2) is 4.39 Å². The molecule has 2 amide bonds. The molecule has 1 N–H and O–H groups in total. The average molecular weight is 423 g/mol. The van der Waals surface area contributed by atoms with Gasteiger partial charge in [0.2, 0.25) is 5.91 Å². The number of carbonyl (C=O) groups excluding carboxylic acids is 2. The third-order valence-electron chi connectivity index (χ3n) is 5.41. The van der Waals surface area contributed by atoms with Crippen molar-refractivity contribution in [2.45, 2.75) is 19.4 Å². The smallest absolute Gasteiger partial charge is 0.263 e. The third-order valence-corrected chi connectivity index (χ3v) is 6.53. The van der Waals surface area contributed by atoms with Gasteiger partial charge in [-0.05, 0) is 48.2 Å². The molecule has 1 fully saturated rings. The molecule has 6 heteroatoms. The van der Waals surface area contributed by atoms with Gasteiger partial charge in [-0.2, -0.15) is 0 Å². The Morgan fingerprint density at radius 2 is 1.67 bits per heavy atom. The molecule has 2 aromatic carbocycles. The van der Waals surface area contributed by atoms with Crippen LogP contribution < -0.4 is 5.32 Å². The van der Waals surface area contributed by atoms with Gasteiger partial charge < -0.3 is 10.2 Å². The minimum absolute atomic E-state index is 0.00324.